The van der Waals surface area contributed by atoms with Gasteiger partial charge in [-0.1, -0.05) is 127 Å². The van der Waals surface area contributed by atoms with Crippen LogP contribution in [-0.2, 0) is 0 Å². The summed E-state index contributed by atoms with van der Waals surface area (Å²) in [6.45, 7) is 0. The molecule has 2 aromatic heterocycles. The van der Waals surface area contributed by atoms with Gasteiger partial charge < -0.3 is 13.9 Å². The van der Waals surface area contributed by atoms with E-state index in [0.717, 1.165) is 55.8 Å². The fraction of sp³-hybridized carbons (Fsp3) is 0. The fourth-order valence-electron chi connectivity index (χ4n) is 8.38. The maximum atomic E-state index is 6.30. The molecule has 0 N–H and O–H groups in total. The van der Waals surface area contributed by atoms with E-state index in [1.165, 1.54) is 43.4 Å². The molecule has 0 spiro atoms. The van der Waals surface area contributed by atoms with Crippen LogP contribution in [0.4, 0.5) is 17.1 Å². The Balaban J connectivity index is 1.15. The average molecular weight is 677 g/mol. The van der Waals surface area contributed by atoms with Gasteiger partial charge in [-0.05, 0) is 99.4 Å². The highest BCUT2D eigenvalue weighted by Gasteiger charge is 2.19. The second-order valence-corrected chi connectivity index (χ2v) is 13.7. The molecule has 11 aromatic rings. The minimum atomic E-state index is 0.895. The summed E-state index contributed by atoms with van der Waals surface area (Å²) >= 11 is 0. The third kappa shape index (κ3) is 4.68. The van der Waals surface area contributed by atoms with Crippen molar-refractivity contribution >= 4 is 82.4 Å². The summed E-state index contributed by atoms with van der Waals surface area (Å²) < 4.78 is 8.69. The molecule has 0 aliphatic carbocycles. The molecule has 248 valence electrons. The van der Waals surface area contributed by atoms with E-state index in [4.69, 9.17) is 4.42 Å². The molecule has 0 radical (unpaired) electrons. The van der Waals surface area contributed by atoms with Crippen molar-refractivity contribution in [3.05, 3.63) is 194 Å². The Kier molecular flexibility index (Phi) is 6.55. The third-order valence-corrected chi connectivity index (χ3v) is 10.7. The maximum Gasteiger partial charge on any atom is 0.136 e. The molecular weight excluding hydrogens is 645 g/mol. The summed E-state index contributed by atoms with van der Waals surface area (Å²) in [4.78, 5) is 2.40. The Bertz CT molecular complexity index is 3150. The molecule has 0 saturated heterocycles. The predicted molar refractivity (Wildman–Crippen MR) is 223 cm³/mol. The molecule has 0 amide bonds. The standard InChI is InChI=1S/C50H32N2O/c1-2-17-40-33(12-1)26-27-34-28-29-39(32-45(34)40)51(36-14-9-13-35(30-36)41-21-11-25-49-50(41)44-20-5-8-24-48(44)53-49)37-15-10-16-38(31-37)52-46-22-6-3-18-42(46)43-19-4-7-23-47(43)52/h1-32H. The summed E-state index contributed by atoms with van der Waals surface area (Å²) in [5.41, 5.74) is 10.8. The van der Waals surface area contributed by atoms with Crippen LogP contribution in [0.15, 0.2) is 199 Å². The Morgan fingerprint density at radius 2 is 0.962 bits per heavy atom. The summed E-state index contributed by atoms with van der Waals surface area (Å²) in [5.74, 6) is 0. The number of furan rings is 1. The predicted octanol–water partition coefficient (Wildman–Crippen LogP) is 14.1. The molecule has 0 unspecified atom stereocenters. The highest BCUT2D eigenvalue weighted by Crippen LogP contribution is 2.43. The van der Waals surface area contributed by atoms with Gasteiger partial charge in [0.1, 0.15) is 11.2 Å². The molecule has 11 rings (SSSR count). The number of hydrogen-bond acceptors (Lipinski definition) is 2. The van der Waals surface area contributed by atoms with Crippen molar-refractivity contribution in [3.8, 4) is 16.8 Å². The molecule has 0 atom stereocenters. The zero-order chi connectivity index (χ0) is 34.9. The van der Waals surface area contributed by atoms with Crippen LogP contribution >= 0.6 is 0 Å². The van der Waals surface area contributed by atoms with Gasteiger partial charge in [0.2, 0.25) is 0 Å². The molecule has 0 bridgehead atoms. The van der Waals surface area contributed by atoms with E-state index in [1.54, 1.807) is 0 Å². The number of aromatic nitrogens is 1. The van der Waals surface area contributed by atoms with Gasteiger partial charge in [0, 0.05) is 44.3 Å². The molecule has 3 heteroatoms. The zero-order valence-corrected chi connectivity index (χ0v) is 28.8. The van der Waals surface area contributed by atoms with Crippen molar-refractivity contribution in [2.24, 2.45) is 0 Å². The number of benzene rings is 9. The smallest absolute Gasteiger partial charge is 0.136 e. The molecule has 0 aliphatic rings. The Labute approximate surface area is 306 Å². The summed E-state index contributed by atoms with van der Waals surface area (Å²) in [6.07, 6.45) is 0. The van der Waals surface area contributed by atoms with E-state index in [-0.39, 0.29) is 0 Å². The highest BCUT2D eigenvalue weighted by molar-refractivity contribution is 6.13. The van der Waals surface area contributed by atoms with Crippen LogP contribution < -0.4 is 4.90 Å². The normalized spacial score (nSPS) is 11.8. The van der Waals surface area contributed by atoms with E-state index in [9.17, 15) is 0 Å². The lowest BCUT2D eigenvalue weighted by Gasteiger charge is -2.27. The van der Waals surface area contributed by atoms with E-state index in [1.807, 2.05) is 12.1 Å². The van der Waals surface area contributed by atoms with Gasteiger partial charge in [0.05, 0.1) is 11.0 Å². The van der Waals surface area contributed by atoms with Crippen LogP contribution in [-0.4, -0.2) is 4.57 Å². The van der Waals surface area contributed by atoms with Crippen molar-refractivity contribution in [2.75, 3.05) is 4.90 Å². The lowest BCUT2D eigenvalue weighted by molar-refractivity contribution is 0.669. The number of fused-ring (bicyclic) bond motifs is 9. The Morgan fingerprint density at radius 1 is 0.377 bits per heavy atom. The van der Waals surface area contributed by atoms with Crippen LogP contribution in [0.2, 0.25) is 0 Å². The van der Waals surface area contributed by atoms with Gasteiger partial charge in [0.15, 0.2) is 0 Å². The number of nitrogens with zero attached hydrogens (tertiary/aromatic N) is 2. The van der Waals surface area contributed by atoms with Gasteiger partial charge in [-0.3, -0.25) is 0 Å². The van der Waals surface area contributed by atoms with Crippen LogP contribution in [0, 0.1) is 0 Å². The first kappa shape index (κ1) is 29.6. The fourth-order valence-corrected chi connectivity index (χ4v) is 8.38. The van der Waals surface area contributed by atoms with Gasteiger partial charge in [-0.25, -0.2) is 0 Å². The lowest BCUT2D eigenvalue weighted by atomic mass is 9.98. The van der Waals surface area contributed by atoms with Crippen LogP contribution in [0.3, 0.4) is 0 Å². The molecule has 9 aromatic carbocycles. The van der Waals surface area contributed by atoms with Crippen LogP contribution in [0.1, 0.15) is 0 Å². The molecular formula is C50H32N2O. The van der Waals surface area contributed by atoms with Crippen LogP contribution in [0.25, 0.3) is 82.1 Å². The van der Waals surface area contributed by atoms with E-state index < -0.39 is 0 Å². The highest BCUT2D eigenvalue weighted by atomic mass is 16.3. The average Bonchev–Trinajstić information content (AvgIpc) is 3.77. The molecule has 0 aliphatic heterocycles. The number of para-hydroxylation sites is 3. The molecule has 53 heavy (non-hydrogen) atoms. The first-order valence-corrected chi connectivity index (χ1v) is 18.1. The second-order valence-electron chi connectivity index (χ2n) is 13.7. The molecule has 3 nitrogen and oxygen atoms in total. The van der Waals surface area contributed by atoms with Gasteiger partial charge >= 0.3 is 0 Å². The number of anilines is 3. The van der Waals surface area contributed by atoms with Crippen molar-refractivity contribution in [2.45, 2.75) is 0 Å². The SMILES string of the molecule is c1cc(-c2cccc3oc4ccccc4c23)cc(N(c2cccc(-n3c4ccccc4c4ccccc43)c2)c2ccc3ccc4ccccc4c3c2)c1. The summed E-state index contributed by atoms with van der Waals surface area (Å²) in [7, 11) is 0. The molecule has 0 fully saturated rings. The number of rotatable bonds is 5. The molecule has 0 saturated carbocycles. The quantitative estimate of drug-likeness (QED) is 0.169. The van der Waals surface area contributed by atoms with Gasteiger partial charge in [-0.2, -0.15) is 0 Å². The minimum absolute atomic E-state index is 0.895. The van der Waals surface area contributed by atoms with E-state index in [0.29, 0.717) is 0 Å². The van der Waals surface area contributed by atoms with Crippen molar-refractivity contribution in [1.29, 1.82) is 0 Å². The van der Waals surface area contributed by atoms with E-state index in [2.05, 4.69) is 191 Å². The van der Waals surface area contributed by atoms with Crippen molar-refractivity contribution < 1.29 is 4.42 Å². The van der Waals surface area contributed by atoms with Gasteiger partial charge in [0.25, 0.3) is 0 Å². The topological polar surface area (TPSA) is 21.3 Å². The number of hydrogen-bond donors (Lipinski definition) is 0. The van der Waals surface area contributed by atoms with Crippen LogP contribution in [0.5, 0.6) is 0 Å². The first-order chi connectivity index (χ1) is 26.3. The minimum Gasteiger partial charge on any atom is -0.456 e. The third-order valence-electron chi connectivity index (χ3n) is 10.7. The monoisotopic (exact) mass is 676 g/mol. The van der Waals surface area contributed by atoms with Crippen molar-refractivity contribution in [1.82, 2.24) is 4.57 Å². The lowest BCUT2D eigenvalue weighted by Crippen LogP contribution is -2.10. The largest absolute Gasteiger partial charge is 0.456 e. The van der Waals surface area contributed by atoms with E-state index >= 15 is 0 Å². The summed E-state index contributed by atoms with van der Waals surface area (Å²) in [5, 5.41) is 9.70. The maximum absolute atomic E-state index is 6.30. The Morgan fingerprint density at radius 3 is 1.77 bits per heavy atom. The van der Waals surface area contributed by atoms with Crippen molar-refractivity contribution in [3.63, 3.8) is 0 Å². The first-order valence-electron chi connectivity index (χ1n) is 18.1. The molecule has 2 heterocycles. The Hall–Kier alpha value is -7.10. The summed E-state index contributed by atoms with van der Waals surface area (Å²) in [6, 6.07) is 69.9. The second kappa shape index (κ2) is 11.7. The van der Waals surface area contributed by atoms with Gasteiger partial charge in [-0.15, -0.1) is 0 Å². The zero-order valence-electron chi connectivity index (χ0n) is 28.8.